The molecule has 0 heterocycles. The Morgan fingerprint density at radius 2 is 2.38 bits per heavy atom. The molecule has 0 bridgehead atoms. The molecule has 2 nitrogen and oxygen atoms in total. The normalized spacial score (nSPS) is 13.9. The molecule has 8 heavy (non-hydrogen) atoms. The zero-order valence-corrected chi connectivity index (χ0v) is 5.91. The first-order valence-electron chi connectivity index (χ1n) is 2.80. The summed E-state index contributed by atoms with van der Waals surface area (Å²) in [7, 11) is 0. The van der Waals surface area contributed by atoms with Gasteiger partial charge in [-0.25, -0.2) is 0 Å². The van der Waals surface area contributed by atoms with E-state index in [4.69, 9.17) is 17.3 Å². The lowest BCUT2D eigenvalue weighted by molar-refractivity contribution is 0.600. The third kappa shape index (κ3) is 4.37. The van der Waals surface area contributed by atoms with E-state index in [9.17, 15) is 0 Å². The molecule has 0 aliphatic carbocycles. The van der Waals surface area contributed by atoms with Gasteiger partial charge in [0.2, 0.25) is 0 Å². The molecule has 50 valence electrons. The Morgan fingerprint density at radius 3 is 2.75 bits per heavy atom. The highest BCUT2D eigenvalue weighted by molar-refractivity contribution is 6.18. The van der Waals surface area contributed by atoms with Gasteiger partial charge in [0.15, 0.2) is 0 Å². The summed E-state index contributed by atoms with van der Waals surface area (Å²) in [6.07, 6.45) is 0. The average Bonchev–Trinajstić information content (AvgIpc) is 1.83. The van der Waals surface area contributed by atoms with Crippen molar-refractivity contribution >= 4 is 11.6 Å². The van der Waals surface area contributed by atoms with E-state index >= 15 is 0 Å². The van der Waals surface area contributed by atoms with Gasteiger partial charge in [-0.15, -0.1) is 11.6 Å². The van der Waals surface area contributed by atoms with Gasteiger partial charge in [0.1, 0.15) is 0 Å². The minimum atomic E-state index is 0.389. The van der Waals surface area contributed by atoms with Crippen molar-refractivity contribution in [2.45, 2.75) is 13.0 Å². The summed E-state index contributed by atoms with van der Waals surface area (Å²) < 4.78 is 0. The SMILES string of the molecule is CC(CCl)NCCN. The topological polar surface area (TPSA) is 38.0 Å². The van der Waals surface area contributed by atoms with Gasteiger partial charge in [-0.05, 0) is 6.92 Å². The summed E-state index contributed by atoms with van der Waals surface area (Å²) in [5.41, 5.74) is 5.23. The van der Waals surface area contributed by atoms with Crippen LogP contribution in [0.4, 0.5) is 0 Å². The molecule has 3 heteroatoms. The predicted octanol–water partition coefficient (Wildman–Crippen LogP) is 0.162. The van der Waals surface area contributed by atoms with Crippen molar-refractivity contribution in [3.8, 4) is 0 Å². The molecule has 0 rings (SSSR count). The Labute approximate surface area is 55.4 Å². The first kappa shape index (κ1) is 8.21. The molecule has 0 aromatic rings. The molecule has 0 aromatic heterocycles. The van der Waals surface area contributed by atoms with Crippen LogP contribution in [0.3, 0.4) is 0 Å². The molecule has 0 saturated heterocycles. The second-order valence-electron chi connectivity index (χ2n) is 1.80. The lowest BCUT2D eigenvalue weighted by Crippen LogP contribution is -2.32. The number of hydrogen-bond donors (Lipinski definition) is 2. The molecule has 0 aliphatic heterocycles. The van der Waals surface area contributed by atoms with E-state index in [1.165, 1.54) is 0 Å². The highest BCUT2D eigenvalue weighted by atomic mass is 35.5. The van der Waals surface area contributed by atoms with Crippen LogP contribution in [-0.2, 0) is 0 Å². The van der Waals surface area contributed by atoms with Crippen LogP contribution >= 0.6 is 11.6 Å². The Balaban J connectivity index is 2.86. The number of halogens is 1. The van der Waals surface area contributed by atoms with Crippen LogP contribution < -0.4 is 11.1 Å². The molecular weight excluding hydrogens is 124 g/mol. The highest BCUT2D eigenvalue weighted by Crippen LogP contribution is 1.82. The fourth-order valence-corrected chi connectivity index (χ4v) is 0.493. The molecule has 0 aliphatic rings. The summed E-state index contributed by atoms with van der Waals surface area (Å²) in [4.78, 5) is 0. The zero-order valence-electron chi connectivity index (χ0n) is 5.15. The van der Waals surface area contributed by atoms with Gasteiger partial charge in [0, 0.05) is 25.0 Å². The summed E-state index contributed by atoms with van der Waals surface area (Å²) in [6.45, 7) is 3.57. The van der Waals surface area contributed by atoms with Gasteiger partial charge in [-0.3, -0.25) is 0 Å². The van der Waals surface area contributed by atoms with Gasteiger partial charge >= 0.3 is 0 Å². The fourth-order valence-electron chi connectivity index (χ4n) is 0.384. The van der Waals surface area contributed by atoms with Crippen molar-refractivity contribution < 1.29 is 0 Å². The highest BCUT2D eigenvalue weighted by Gasteiger charge is 1.93. The second-order valence-corrected chi connectivity index (χ2v) is 2.11. The van der Waals surface area contributed by atoms with Gasteiger partial charge in [0.25, 0.3) is 0 Å². The predicted molar refractivity (Wildman–Crippen MR) is 37.2 cm³/mol. The minimum Gasteiger partial charge on any atom is -0.329 e. The summed E-state index contributed by atoms with van der Waals surface area (Å²) in [5, 5.41) is 3.12. The zero-order chi connectivity index (χ0) is 6.41. The summed E-state index contributed by atoms with van der Waals surface area (Å²) >= 11 is 5.48. The molecule has 0 fully saturated rings. The molecular formula is C5H13ClN2. The Kier molecular flexibility index (Phi) is 5.49. The summed E-state index contributed by atoms with van der Waals surface area (Å²) in [5.74, 6) is 0.653. The Hall–Kier alpha value is 0.210. The van der Waals surface area contributed by atoms with Crippen molar-refractivity contribution in [2.24, 2.45) is 5.73 Å². The maximum atomic E-state index is 5.48. The Bertz CT molecular complexity index is 49.7. The van der Waals surface area contributed by atoms with Crippen LogP contribution in [0, 0.1) is 0 Å². The van der Waals surface area contributed by atoms with E-state index < -0.39 is 0 Å². The van der Waals surface area contributed by atoms with E-state index in [2.05, 4.69) is 5.32 Å². The van der Waals surface area contributed by atoms with Crippen molar-refractivity contribution in [2.75, 3.05) is 19.0 Å². The smallest absolute Gasteiger partial charge is 0.0374 e. The van der Waals surface area contributed by atoms with E-state index in [0.29, 0.717) is 18.5 Å². The maximum absolute atomic E-state index is 5.48. The second kappa shape index (κ2) is 5.35. The third-order valence-corrected chi connectivity index (χ3v) is 1.33. The molecule has 0 radical (unpaired) electrons. The van der Waals surface area contributed by atoms with E-state index in [1.807, 2.05) is 6.92 Å². The van der Waals surface area contributed by atoms with E-state index in [-0.39, 0.29) is 0 Å². The van der Waals surface area contributed by atoms with Crippen molar-refractivity contribution in [3.05, 3.63) is 0 Å². The van der Waals surface area contributed by atoms with Gasteiger partial charge in [0.05, 0.1) is 0 Å². The van der Waals surface area contributed by atoms with Crippen LogP contribution in [0.15, 0.2) is 0 Å². The van der Waals surface area contributed by atoms with E-state index in [0.717, 1.165) is 6.54 Å². The lowest BCUT2D eigenvalue weighted by Gasteiger charge is -2.07. The third-order valence-electron chi connectivity index (χ3n) is 0.869. The van der Waals surface area contributed by atoms with Crippen LogP contribution in [0.1, 0.15) is 6.92 Å². The molecule has 1 unspecified atom stereocenters. The van der Waals surface area contributed by atoms with Crippen LogP contribution in [0.2, 0.25) is 0 Å². The van der Waals surface area contributed by atoms with Crippen molar-refractivity contribution in [1.82, 2.24) is 5.32 Å². The van der Waals surface area contributed by atoms with E-state index in [1.54, 1.807) is 0 Å². The largest absolute Gasteiger partial charge is 0.329 e. The number of rotatable bonds is 4. The van der Waals surface area contributed by atoms with Crippen LogP contribution in [0.25, 0.3) is 0 Å². The maximum Gasteiger partial charge on any atom is 0.0374 e. The number of alkyl halides is 1. The van der Waals surface area contributed by atoms with Crippen LogP contribution in [0.5, 0.6) is 0 Å². The number of hydrogen-bond acceptors (Lipinski definition) is 2. The standard InChI is InChI=1S/C5H13ClN2/c1-5(4-6)8-3-2-7/h5,8H,2-4,7H2,1H3. The van der Waals surface area contributed by atoms with Crippen molar-refractivity contribution in [3.63, 3.8) is 0 Å². The van der Waals surface area contributed by atoms with Gasteiger partial charge in [-0.1, -0.05) is 0 Å². The quantitative estimate of drug-likeness (QED) is 0.541. The number of nitrogens with two attached hydrogens (primary N) is 1. The van der Waals surface area contributed by atoms with Crippen molar-refractivity contribution in [1.29, 1.82) is 0 Å². The molecule has 0 amide bonds. The fraction of sp³-hybridized carbons (Fsp3) is 1.00. The average molecular weight is 137 g/mol. The molecule has 3 N–H and O–H groups in total. The monoisotopic (exact) mass is 136 g/mol. The first-order chi connectivity index (χ1) is 3.81. The Morgan fingerprint density at radius 1 is 1.75 bits per heavy atom. The first-order valence-corrected chi connectivity index (χ1v) is 3.34. The molecule has 0 saturated carbocycles. The minimum absolute atomic E-state index is 0.389. The number of nitrogens with one attached hydrogen (secondary N) is 1. The van der Waals surface area contributed by atoms with Crippen LogP contribution in [-0.4, -0.2) is 25.0 Å². The van der Waals surface area contributed by atoms with Gasteiger partial charge < -0.3 is 11.1 Å². The van der Waals surface area contributed by atoms with Gasteiger partial charge in [-0.2, -0.15) is 0 Å². The molecule has 1 atom stereocenters. The molecule has 0 spiro atoms. The summed E-state index contributed by atoms with van der Waals surface area (Å²) in [6, 6.07) is 0.389. The lowest BCUT2D eigenvalue weighted by atomic mass is 10.4. The molecule has 0 aromatic carbocycles.